The van der Waals surface area contributed by atoms with Crippen LogP contribution in [-0.4, -0.2) is 26.2 Å². The molecule has 0 amide bonds. The van der Waals surface area contributed by atoms with Crippen LogP contribution in [0.5, 0.6) is 0 Å². The van der Waals surface area contributed by atoms with E-state index in [0.717, 1.165) is 6.42 Å². The molecule has 0 radical (unpaired) electrons. The standard InChI is InChI=1S/C15H13F6N5/c16-14(17,18)8-4-10(15(19,20)21)24-11(5-8)26-9-2-1-7(3-9)12(26)13-22-6-23-25-13/h4-7,9,12H,1-3H2,(H,22,23,25)/t7-,9+,12-/m0/s1. The number of nitrogens with one attached hydrogen (secondary N) is 1. The zero-order valence-corrected chi connectivity index (χ0v) is 13.1. The number of alkyl halides is 6. The molecule has 0 unspecified atom stereocenters. The third kappa shape index (κ3) is 2.78. The molecule has 3 heterocycles. The molecule has 4 rings (SSSR count). The number of piperidine rings is 1. The molecule has 0 aromatic carbocycles. The second-order valence-electron chi connectivity index (χ2n) is 6.54. The molecule has 2 aliphatic rings. The fourth-order valence-corrected chi connectivity index (χ4v) is 3.98. The van der Waals surface area contributed by atoms with Gasteiger partial charge in [-0.25, -0.2) is 9.97 Å². The monoisotopic (exact) mass is 377 g/mol. The Balaban J connectivity index is 1.83. The Morgan fingerprint density at radius 2 is 1.81 bits per heavy atom. The van der Waals surface area contributed by atoms with E-state index in [9.17, 15) is 26.3 Å². The largest absolute Gasteiger partial charge is 0.433 e. The quantitative estimate of drug-likeness (QED) is 0.805. The summed E-state index contributed by atoms with van der Waals surface area (Å²) < 4.78 is 78.7. The smallest absolute Gasteiger partial charge is 0.343 e. The van der Waals surface area contributed by atoms with Crippen molar-refractivity contribution in [2.45, 2.75) is 43.7 Å². The summed E-state index contributed by atoms with van der Waals surface area (Å²) in [6.45, 7) is 0. The highest BCUT2D eigenvalue weighted by atomic mass is 19.4. The van der Waals surface area contributed by atoms with Crippen molar-refractivity contribution in [2.24, 2.45) is 5.92 Å². The summed E-state index contributed by atoms with van der Waals surface area (Å²) in [5, 5.41) is 6.43. The van der Waals surface area contributed by atoms with E-state index in [4.69, 9.17) is 0 Å². The first kappa shape index (κ1) is 17.1. The van der Waals surface area contributed by atoms with Gasteiger partial charge in [0.1, 0.15) is 23.7 Å². The average molecular weight is 377 g/mol. The fourth-order valence-electron chi connectivity index (χ4n) is 3.98. The maximum Gasteiger partial charge on any atom is 0.433 e. The number of aromatic nitrogens is 4. The lowest BCUT2D eigenvalue weighted by Crippen LogP contribution is -2.37. The number of halogens is 6. The Kier molecular flexibility index (Phi) is 3.67. The molecule has 11 heteroatoms. The topological polar surface area (TPSA) is 57.7 Å². The number of rotatable bonds is 2. The molecule has 1 saturated carbocycles. The summed E-state index contributed by atoms with van der Waals surface area (Å²) >= 11 is 0. The number of anilines is 1. The summed E-state index contributed by atoms with van der Waals surface area (Å²) in [4.78, 5) is 9.10. The van der Waals surface area contributed by atoms with E-state index < -0.39 is 29.7 Å². The SMILES string of the molecule is FC(F)(F)c1cc(N2[C@@H]3CC[C@@H](C3)[C@H]2c2ncn[nH]2)nc(C(F)(F)F)c1. The van der Waals surface area contributed by atoms with Crippen LogP contribution in [0.3, 0.4) is 0 Å². The summed E-state index contributed by atoms with van der Waals surface area (Å²) in [6.07, 6.45) is -6.42. The summed E-state index contributed by atoms with van der Waals surface area (Å²) in [5.74, 6) is 0.171. The lowest BCUT2D eigenvalue weighted by molar-refractivity contribution is -0.145. The summed E-state index contributed by atoms with van der Waals surface area (Å²) in [6, 6.07) is 0.0844. The molecule has 1 N–H and O–H groups in total. The molecule has 2 aromatic rings. The van der Waals surface area contributed by atoms with Gasteiger partial charge in [-0.1, -0.05) is 0 Å². The van der Waals surface area contributed by atoms with Crippen molar-refractivity contribution in [3.05, 3.63) is 35.5 Å². The number of aromatic amines is 1. The van der Waals surface area contributed by atoms with E-state index >= 15 is 0 Å². The van der Waals surface area contributed by atoms with Gasteiger partial charge in [0.25, 0.3) is 0 Å². The van der Waals surface area contributed by atoms with E-state index in [1.54, 1.807) is 0 Å². The van der Waals surface area contributed by atoms with Gasteiger partial charge in [-0.3, -0.25) is 5.10 Å². The second kappa shape index (κ2) is 5.58. The van der Waals surface area contributed by atoms with Gasteiger partial charge in [0.05, 0.1) is 11.6 Å². The van der Waals surface area contributed by atoms with Crippen LogP contribution in [-0.2, 0) is 12.4 Å². The van der Waals surface area contributed by atoms with Crippen LogP contribution in [0.1, 0.15) is 42.4 Å². The lowest BCUT2D eigenvalue weighted by atomic mass is 9.98. The zero-order valence-electron chi connectivity index (χ0n) is 13.1. The third-order valence-electron chi connectivity index (χ3n) is 4.99. The number of nitrogens with zero attached hydrogens (tertiary/aromatic N) is 4. The Bertz CT molecular complexity index is 768. The molecule has 1 aliphatic heterocycles. The van der Waals surface area contributed by atoms with Crippen molar-refractivity contribution >= 4 is 5.82 Å². The number of fused-ring (bicyclic) bond motifs is 2. The van der Waals surface area contributed by atoms with Gasteiger partial charge in [-0.15, -0.1) is 0 Å². The van der Waals surface area contributed by atoms with Gasteiger partial charge >= 0.3 is 12.4 Å². The van der Waals surface area contributed by atoms with Crippen molar-refractivity contribution in [3.63, 3.8) is 0 Å². The molecule has 140 valence electrons. The molecular formula is C15H13F6N5. The van der Waals surface area contributed by atoms with E-state index in [1.165, 1.54) is 11.2 Å². The highest BCUT2D eigenvalue weighted by Crippen LogP contribution is 2.51. The van der Waals surface area contributed by atoms with Gasteiger partial charge in [0.2, 0.25) is 0 Å². The maximum atomic E-state index is 13.1. The van der Waals surface area contributed by atoms with Crippen LogP contribution >= 0.6 is 0 Å². The van der Waals surface area contributed by atoms with Crippen molar-refractivity contribution in [1.82, 2.24) is 20.2 Å². The molecule has 3 atom stereocenters. The molecule has 0 spiro atoms. The minimum atomic E-state index is -4.98. The van der Waals surface area contributed by atoms with Crippen LogP contribution in [0.2, 0.25) is 0 Å². The summed E-state index contributed by atoms with van der Waals surface area (Å²) in [7, 11) is 0. The molecule has 2 bridgehead atoms. The Morgan fingerprint density at radius 1 is 1.04 bits per heavy atom. The molecule has 1 aliphatic carbocycles. The minimum Gasteiger partial charge on any atom is -0.343 e. The van der Waals surface area contributed by atoms with Gasteiger partial charge in [0.15, 0.2) is 0 Å². The van der Waals surface area contributed by atoms with Crippen LogP contribution in [0.15, 0.2) is 18.5 Å². The van der Waals surface area contributed by atoms with Crippen LogP contribution in [0.4, 0.5) is 32.2 Å². The predicted octanol–water partition coefficient (Wildman–Crippen LogP) is 3.97. The number of hydrogen-bond donors (Lipinski definition) is 1. The molecule has 1 saturated heterocycles. The Morgan fingerprint density at radius 3 is 2.42 bits per heavy atom. The molecule has 2 aromatic heterocycles. The Hall–Kier alpha value is -2.33. The highest BCUT2D eigenvalue weighted by molar-refractivity contribution is 5.49. The predicted molar refractivity (Wildman–Crippen MR) is 77.0 cm³/mol. The first-order valence-corrected chi connectivity index (χ1v) is 7.94. The van der Waals surface area contributed by atoms with E-state index in [-0.39, 0.29) is 23.8 Å². The molecular weight excluding hydrogens is 364 g/mol. The number of H-pyrrole nitrogens is 1. The average Bonchev–Trinajstić information content (AvgIpc) is 3.28. The summed E-state index contributed by atoms with van der Waals surface area (Å²) in [5.41, 5.74) is -2.92. The van der Waals surface area contributed by atoms with E-state index in [0.29, 0.717) is 24.7 Å². The second-order valence-corrected chi connectivity index (χ2v) is 6.54. The van der Waals surface area contributed by atoms with E-state index in [1.807, 2.05) is 0 Å². The first-order chi connectivity index (χ1) is 12.1. The number of pyridine rings is 1. The van der Waals surface area contributed by atoms with Gasteiger partial charge in [-0.05, 0) is 37.3 Å². The van der Waals surface area contributed by atoms with Crippen LogP contribution < -0.4 is 4.90 Å². The molecule has 2 fully saturated rings. The maximum absolute atomic E-state index is 13.1. The van der Waals surface area contributed by atoms with Crippen LogP contribution in [0.25, 0.3) is 0 Å². The van der Waals surface area contributed by atoms with Crippen molar-refractivity contribution in [3.8, 4) is 0 Å². The van der Waals surface area contributed by atoms with Crippen LogP contribution in [0, 0.1) is 5.92 Å². The normalized spacial score (nSPS) is 25.9. The van der Waals surface area contributed by atoms with Crippen molar-refractivity contribution in [1.29, 1.82) is 0 Å². The first-order valence-electron chi connectivity index (χ1n) is 7.94. The van der Waals surface area contributed by atoms with Crippen molar-refractivity contribution in [2.75, 3.05) is 4.90 Å². The molecule has 5 nitrogen and oxygen atoms in total. The van der Waals surface area contributed by atoms with E-state index in [2.05, 4.69) is 20.2 Å². The van der Waals surface area contributed by atoms with Gasteiger partial charge in [0, 0.05) is 6.04 Å². The van der Waals surface area contributed by atoms with Gasteiger partial charge < -0.3 is 4.90 Å². The van der Waals surface area contributed by atoms with Crippen molar-refractivity contribution < 1.29 is 26.3 Å². The number of hydrogen-bond acceptors (Lipinski definition) is 4. The minimum absolute atomic E-state index is 0.0429. The lowest BCUT2D eigenvalue weighted by Gasteiger charge is -2.35. The van der Waals surface area contributed by atoms with Gasteiger partial charge in [-0.2, -0.15) is 31.4 Å². The highest BCUT2D eigenvalue weighted by Gasteiger charge is 2.49. The molecule has 26 heavy (non-hydrogen) atoms. The third-order valence-corrected chi connectivity index (χ3v) is 4.99. The fraction of sp³-hybridized carbons (Fsp3) is 0.533. The zero-order chi connectivity index (χ0) is 18.7. The Labute approximate surface area is 143 Å².